The number of fused-ring (bicyclic) bond motifs is 2. The fourth-order valence-corrected chi connectivity index (χ4v) is 4.80. The Balaban J connectivity index is 1.26. The van der Waals surface area contributed by atoms with Crippen molar-refractivity contribution in [3.05, 3.63) is 82.7 Å². The number of carbonyl (C=O) groups excluding carboxylic acids is 3. The van der Waals surface area contributed by atoms with Crippen LogP contribution in [0.25, 0.3) is 0 Å². The number of hydrogen-bond donors (Lipinski definition) is 2. The van der Waals surface area contributed by atoms with Gasteiger partial charge in [0.25, 0.3) is 5.91 Å². The van der Waals surface area contributed by atoms with Crippen molar-refractivity contribution in [3.63, 3.8) is 0 Å². The van der Waals surface area contributed by atoms with E-state index in [0.29, 0.717) is 30.9 Å². The number of amides is 4. The van der Waals surface area contributed by atoms with Crippen molar-refractivity contribution in [3.8, 4) is 5.75 Å². The van der Waals surface area contributed by atoms with Crippen LogP contribution >= 0.6 is 0 Å². The van der Waals surface area contributed by atoms with Crippen molar-refractivity contribution in [1.82, 2.24) is 25.3 Å². The molecule has 0 aliphatic carbocycles. The summed E-state index contributed by atoms with van der Waals surface area (Å²) in [4.78, 5) is 39.8. The van der Waals surface area contributed by atoms with Crippen molar-refractivity contribution in [2.24, 2.45) is 0 Å². The fraction of sp³-hybridized carbons (Fsp3) is 0.308. The lowest BCUT2D eigenvalue weighted by atomic mass is 9.84. The van der Waals surface area contributed by atoms with Gasteiger partial charge in [-0.05, 0) is 25.5 Å². The second kappa shape index (κ2) is 8.90. The predicted molar refractivity (Wildman–Crippen MR) is 128 cm³/mol. The van der Waals surface area contributed by atoms with Crippen molar-refractivity contribution >= 4 is 17.8 Å². The van der Waals surface area contributed by atoms with Gasteiger partial charge in [-0.3, -0.25) is 19.2 Å². The van der Waals surface area contributed by atoms with Gasteiger partial charge in [-0.25, -0.2) is 4.79 Å². The molecule has 180 valence electrons. The number of para-hydroxylation sites is 1. The summed E-state index contributed by atoms with van der Waals surface area (Å²) >= 11 is 0. The van der Waals surface area contributed by atoms with Gasteiger partial charge in [-0.1, -0.05) is 48.5 Å². The predicted octanol–water partition coefficient (Wildman–Crippen LogP) is 2.39. The van der Waals surface area contributed by atoms with E-state index in [4.69, 9.17) is 4.74 Å². The average molecular weight is 474 g/mol. The van der Waals surface area contributed by atoms with Crippen molar-refractivity contribution in [2.75, 3.05) is 13.2 Å². The molecule has 0 unspecified atom stereocenters. The molecule has 0 bridgehead atoms. The van der Waals surface area contributed by atoms with E-state index in [9.17, 15) is 14.4 Å². The third-order valence-corrected chi connectivity index (χ3v) is 6.73. The minimum atomic E-state index is -1.20. The third-order valence-electron chi connectivity index (χ3n) is 6.73. The highest BCUT2D eigenvalue weighted by molar-refractivity contribution is 6.09. The van der Waals surface area contributed by atoms with Crippen LogP contribution in [0.4, 0.5) is 4.79 Å². The maximum Gasteiger partial charge on any atom is 0.325 e. The lowest BCUT2D eigenvalue weighted by Gasteiger charge is -2.33. The molecule has 2 aliphatic rings. The van der Waals surface area contributed by atoms with Gasteiger partial charge in [0.15, 0.2) is 5.54 Å². The number of nitrogens with zero attached hydrogens (tertiary/aromatic N) is 3. The second-order valence-corrected chi connectivity index (χ2v) is 8.89. The Kier molecular flexibility index (Phi) is 5.76. The number of nitrogens with one attached hydrogen (secondary N) is 2. The highest BCUT2D eigenvalue weighted by Crippen LogP contribution is 2.40. The molecule has 1 fully saturated rings. The molecule has 1 atom stereocenters. The smallest absolute Gasteiger partial charge is 0.325 e. The van der Waals surface area contributed by atoms with Gasteiger partial charge < -0.3 is 15.4 Å². The summed E-state index contributed by atoms with van der Waals surface area (Å²) in [6.45, 7) is 4.71. The van der Waals surface area contributed by atoms with Gasteiger partial charge in [0, 0.05) is 29.8 Å². The highest BCUT2D eigenvalue weighted by atomic mass is 16.5. The minimum absolute atomic E-state index is 0.261. The van der Waals surface area contributed by atoms with E-state index >= 15 is 0 Å². The minimum Gasteiger partial charge on any atom is -0.493 e. The quantitative estimate of drug-likeness (QED) is 0.535. The number of hydrogen-bond acceptors (Lipinski definition) is 5. The van der Waals surface area contributed by atoms with Crippen LogP contribution in [-0.4, -0.2) is 45.7 Å². The van der Waals surface area contributed by atoms with E-state index in [2.05, 4.69) is 15.7 Å². The van der Waals surface area contributed by atoms with Crippen LogP contribution in [0, 0.1) is 13.8 Å². The molecule has 4 amide bonds. The molecular weight excluding hydrogens is 446 g/mol. The van der Waals surface area contributed by atoms with Gasteiger partial charge >= 0.3 is 6.03 Å². The Morgan fingerprint density at radius 1 is 1.11 bits per heavy atom. The Hall–Kier alpha value is -4.14. The molecule has 2 aromatic carbocycles. The van der Waals surface area contributed by atoms with Gasteiger partial charge in [-0.15, -0.1) is 0 Å². The lowest BCUT2D eigenvalue weighted by Crippen LogP contribution is -2.48. The molecule has 9 heteroatoms. The van der Waals surface area contributed by atoms with Crippen LogP contribution in [0.2, 0.25) is 0 Å². The normalized spacial score (nSPS) is 18.9. The number of rotatable bonds is 6. The number of aryl methyl sites for hydroxylation is 1. The van der Waals surface area contributed by atoms with E-state index in [-0.39, 0.29) is 13.1 Å². The zero-order valence-corrected chi connectivity index (χ0v) is 19.7. The molecule has 2 aliphatic heterocycles. The van der Waals surface area contributed by atoms with Crippen LogP contribution < -0.4 is 15.4 Å². The van der Waals surface area contributed by atoms with Gasteiger partial charge in [0.05, 0.1) is 18.8 Å². The molecule has 3 aromatic rings. The summed E-state index contributed by atoms with van der Waals surface area (Å²) in [7, 11) is 0. The van der Waals surface area contributed by atoms with Crippen LogP contribution in [-0.2, 0) is 28.2 Å². The van der Waals surface area contributed by atoms with Gasteiger partial charge in [0.1, 0.15) is 12.3 Å². The summed E-state index contributed by atoms with van der Waals surface area (Å²) in [6, 6.07) is 16.6. The molecule has 0 radical (unpaired) electrons. The summed E-state index contributed by atoms with van der Waals surface area (Å²) in [6.07, 6.45) is 0.311. The topological polar surface area (TPSA) is 106 Å². The van der Waals surface area contributed by atoms with Crippen LogP contribution in [0.1, 0.15) is 34.5 Å². The number of ether oxygens (including phenoxy) is 1. The number of urea groups is 1. The van der Waals surface area contributed by atoms with E-state index < -0.39 is 23.4 Å². The Bertz CT molecular complexity index is 1300. The van der Waals surface area contributed by atoms with Gasteiger partial charge in [-0.2, -0.15) is 5.10 Å². The summed E-state index contributed by atoms with van der Waals surface area (Å²) in [5.41, 5.74) is 3.26. The Morgan fingerprint density at radius 2 is 1.86 bits per heavy atom. The van der Waals surface area contributed by atoms with Crippen LogP contribution in [0.3, 0.4) is 0 Å². The molecule has 3 heterocycles. The van der Waals surface area contributed by atoms with E-state index in [0.717, 1.165) is 27.4 Å². The SMILES string of the molecule is Cc1nn(Cc2ccccc2)c(C)c1CNC(=O)CN1C(=O)N[C@@]2(CCOc3ccccc32)C1=O. The molecule has 1 spiro atoms. The molecular formula is C26H27N5O4. The number of carbonyl (C=O) groups is 3. The number of aromatic nitrogens is 2. The molecule has 5 rings (SSSR count). The zero-order valence-electron chi connectivity index (χ0n) is 19.7. The third kappa shape index (κ3) is 4.03. The average Bonchev–Trinajstić information content (AvgIpc) is 3.25. The molecule has 35 heavy (non-hydrogen) atoms. The first-order valence-corrected chi connectivity index (χ1v) is 11.6. The number of imide groups is 1. The van der Waals surface area contributed by atoms with Gasteiger partial charge in [0.2, 0.25) is 5.91 Å². The van der Waals surface area contributed by atoms with E-state index in [1.165, 1.54) is 0 Å². The first-order chi connectivity index (χ1) is 16.9. The van der Waals surface area contributed by atoms with Crippen molar-refractivity contribution < 1.29 is 19.1 Å². The van der Waals surface area contributed by atoms with Crippen molar-refractivity contribution in [2.45, 2.75) is 38.9 Å². The van der Waals surface area contributed by atoms with Crippen molar-refractivity contribution in [1.29, 1.82) is 0 Å². The fourth-order valence-electron chi connectivity index (χ4n) is 4.80. The summed E-state index contributed by atoms with van der Waals surface area (Å²) in [5.74, 6) is -0.283. The first-order valence-electron chi connectivity index (χ1n) is 11.6. The lowest BCUT2D eigenvalue weighted by molar-refractivity contribution is -0.136. The largest absolute Gasteiger partial charge is 0.493 e. The van der Waals surface area contributed by atoms with E-state index in [1.807, 2.05) is 54.9 Å². The monoisotopic (exact) mass is 473 g/mol. The Labute approximate surface area is 203 Å². The molecule has 0 saturated carbocycles. The number of benzene rings is 2. The first kappa shape index (κ1) is 22.6. The standard InChI is InChI=1S/C26H27N5O4/c1-17-20(18(2)31(29-17)15-19-8-4-3-5-9-19)14-27-23(32)16-30-24(33)26(28-25(30)34)12-13-35-22-11-7-6-10-21(22)26/h3-11H,12-16H2,1-2H3,(H,27,32)(H,28,34)/t26-/m1/s1. The summed E-state index contributed by atoms with van der Waals surface area (Å²) < 4.78 is 7.56. The zero-order chi connectivity index (χ0) is 24.6. The second-order valence-electron chi connectivity index (χ2n) is 8.89. The molecule has 2 N–H and O–H groups in total. The highest BCUT2D eigenvalue weighted by Gasteiger charge is 2.55. The van der Waals surface area contributed by atoms with Crippen LogP contribution in [0.15, 0.2) is 54.6 Å². The summed E-state index contributed by atoms with van der Waals surface area (Å²) in [5, 5.41) is 10.3. The molecule has 9 nitrogen and oxygen atoms in total. The molecule has 1 aromatic heterocycles. The van der Waals surface area contributed by atoms with Crippen LogP contribution in [0.5, 0.6) is 5.75 Å². The Morgan fingerprint density at radius 3 is 2.66 bits per heavy atom. The van der Waals surface area contributed by atoms with E-state index in [1.54, 1.807) is 18.2 Å². The maximum atomic E-state index is 13.3. The maximum absolute atomic E-state index is 13.3. The molecule has 1 saturated heterocycles.